The van der Waals surface area contributed by atoms with Gasteiger partial charge in [0.1, 0.15) is 17.2 Å². The van der Waals surface area contributed by atoms with Crippen molar-refractivity contribution in [3.8, 4) is 68.6 Å². The normalized spacial score (nSPS) is 13.8. The van der Waals surface area contributed by atoms with E-state index in [1.54, 1.807) is 0 Å². The Morgan fingerprint density at radius 1 is 0.833 bits per heavy atom. The molecule has 0 amide bonds. The van der Waals surface area contributed by atoms with E-state index >= 15 is 0 Å². The molecule has 0 bridgehead atoms. The first kappa shape index (κ1) is 28.1. The molecule has 0 spiro atoms. The summed E-state index contributed by atoms with van der Waals surface area (Å²) in [5, 5.41) is 0. The van der Waals surface area contributed by atoms with Crippen molar-refractivity contribution in [3.05, 3.63) is 120 Å². The number of fused-ring (bicyclic) bond motifs is 4. The highest BCUT2D eigenvalue weighted by Crippen LogP contribution is 2.53. The molecule has 0 fully saturated rings. The third-order valence-corrected chi connectivity index (χ3v) is 9.77. The number of aromatic amines is 1. The van der Waals surface area contributed by atoms with Gasteiger partial charge in [0.25, 0.3) is 0 Å². The zero-order valence-electron chi connectivity index (χ0n) is 27.1. The van der Waals surface area contributed by atoms with Crippen LogP contribution in [-0.4, -0.2) is 24.1 Å². The zero-order chi connectivity index (χ0) is 32.6. The number of hydrogen-bond acceptors (Lipinski definition) is 4. The average Bonchev–Trinajstić information content (AvgIpc) is 3.64. The van der Waals surface area contributed by atoms with Crippen LogP contribution in [0.2, 0.25) is 0 Å². The topological polar surface area (TPSA) is 71.9 Å². The lowest BCUT2D eigenvalue weighted by molar-refractivity contribution is -0.376. The van der Waals surface area contributed by atoms with E-state index in [1.807, 2.05) is 56.8 Å². The number of ether oxygens (including phenoxy) is 1. The molecule has 0 unspecified atom stereocenters. The van der Waals surface area contributed by atoms with Gasteiger partial charge in [0, 0.05) is 65.5 Å². The van der Waals surface area contributed by atoms with Crippen LogP contribution in [0.5, 0.6) is 11.5 Å². The lowest BCUT2D eigenvalue weighted by Gasteiger charge is -2.35. The third kappa shape index (κ3) is 4.18. The summed E-state index contributed by atoms with van der Waals surface area (Å²) in [5.74, 6) is 9.85. The molecular formula is C41H31N6O+. The van der Waals surface area contributed by atoms with E-state index in [9.17, 15) is 0 Å². The van der Waals surface area contributed by atoms with E-state index in [4.69, 9.17) is 19.7 Å². The van der Waals surface area contributed by atoms with Gasteiger partial charge in [0.2, 0.25) is 5.69 Å². The van der Waals surface area contributed by atoms with Crippen molar-refractivity contribution in [1.29, 1.82) is 0 Å². The Morgan fingerprint density at radius 2 is 1.65 bits per heavy atom. The molecule has 9 rings (SSSR count). The van der Waals surface area contributed by atoms with Gasteiger partial charge < -0.3 is 9.30 Å². The van der Waals surface area contributed by atoms with Crippen LogP contribution in [0.15, 0.2) is 85.2 Å². The van der Waals surface area contributed by atoms with E-state index in [0.717, 1.165) is 97.5 Å². The Kier molecular flexibility index (Phi) is 6.09. The number of aromatic nitrogens is 6. The largest absolute Gasteiger partial charge is 0.455 e. The molecule has 7 aromatic rings. The van der Waals surface area contributed by atoms with Crippen molar-refractivity contribution >= 4 is 11.0 Å². The SMILES string of the molecule is Cn1c(-c2ccc(-c3cccc4c3Oc3c(-c5ccc(-c6nc7ccccc7n6C)nc5)c#ccc3C4(C)C)cn2)[nH+]c2c1C#CCC2. The van der Waals surface area contributed by atoms with Gasteiger partial charge in [-0.3, -0.25) is 4.98 Å². The van der Waals surface area contributed by atoms with Crippen LogP contribution in [0, 0.1) is 24.0 Å². The predicted molar refractivity (Wildman–Crippen MR) is 185 cm³/mol. The van der Waals surface area contributed by atoms with E-state index in [-0.39, 0.29) is 5.41 Å². The van der Waals surface area contributed by atoms with Crippen LogP contribution in [0.25, 0.3) is 56.3 Å². The fraction of sp³-hybridized carbons (Fsp3) is 0.171. The molecule has 5 heterocycles. The van der Waals surface area contributed by atoms with Gasteiger partial charge in [-0.1, -0.05) is 68.3 Å². The van der Waals surface area contributed by atoms with Gasteiger partial charge in [-0.25, -0.2) is 19.5 Å². The number of nitrogens with zero attached hydrogens (tertiary/aromatic N) is 5. The molecule has 1 aliphatic heterocycles. The summed E-state index contributed by atoms with van der Waals surface area (Å²) >= 11 is 0. The second kappa shape index (κ2) is 10.4. The van der Waals surface area contributed by atoms with Crippen LogP contribution in [-0.2, 0) is 25.9 Å². The quantitative estimate of drug-likeness (QED) is 0.190. The number of rotatable bonds is 4. The van der Waals surface area contributed by atoms with E-state index in [1.165, 1.54) is 5.69 Å². The summed E-state index contributed by atoms with van der Waals surface area (Å²) in [4.78, 5) is 18.1. The molecule has 0 radical (unpaired) electrons. The van der Waals surface area contributed by atoms with Crippen LogP contribution in [0.1, 0.15) is 42.8 Å². The fourth-order valence-corrected chi connectivity index (χ4v) is 7.08. The summed E-state index contributed by atoms with van der Waals surface area (Å²) in [6.45, 7) is 4.47. The summed E-state index contributed by atoms with van der Waals surface area (Å²) in [7, 11) is 4.06. The molecule has 0 saturated carbocycles. The molecule has 7 nitrogen and oxygen atoms in total. The molecule has 2 aliphatic rings. The first-order chi connectivity index (χ1) is 23.4. The maximum absolute atomic E-state index is 6.90. The Hall–Kier alpha value is -6.18. The van der Waals surface area contributed by atoms with Gasteiger partial charge in [-0.2, -0.15) is 0 Å². The molecule has 0 atom stereocenters. The minimum Gasteiger partial charge on any atom is -0.455 e. The molecule has 1 aliphatic carbocycles. The van der Waals surface area contributed by atoms with Crippen molar-refractivity contribution in [2.45, 2.75) is 32.1 Å². The fourth-order valence-electron chi connectivity index (χ4n) is 7.08. The summed E-state index contributed by atoms with van der Waals surface area (Å²) < 4.78 is 11.1. The van der Waals surface area contributed by atoms with Crippen molar-refractivity contribution in [2.24, 2.45) is 14.1 Å². The van der Waals surface area contributed by atoms with E-state index in [0.29, 0.717) is 0 Å². The number of para-hydroxylation sites is 3. The summed E-state index contributed by atoms with van der Waals surface area (Å²) in [5.41, 5.74) is 11.4. The Bertz CT molecular complexity index is 2470. The number of hydrogen-bond donors (Lipinski definition) is 0. The Morgan fingerprint density at radius 3 is 2.44 bits per heavy atom. The molecule has 1 N–H and O–H groups in total. The first-order valence-electron chi connectivity index (χ1n) is 16.1. The van der Waals surface area contributed by atoms with Crippen molar-refractivity contribution in [2.75, 3.05) is 0 Å². The van der Waals surface area contributed by atoms with E-state index in [2.05, 4.69) is 94.4 Å². The van der Waals surface area contributed by atoms with Gasteiger partial charge in [0.05, 0.1) is 23.6 Å². The number of H-pyrrole nitrogens is 1. The van der Waals surface area contributed by atoms with Crippen molar-refractivity contribution in [3.63, 3.8) is 0 Å². The minimum atomic E-state index is -0.342. The Labute approximate surface area is 279 Å². The molecule has 48 heavy (non-hydrogen) atoms. The van der Waals surface area contributed by atoms with Gasteiger partial charge in [-0.05, 0) is 42.3 Å². The second-order valence-electron chi connectivity index (χ2n) is 12.9. The summed E-state index contributed by atoms with van der Waals surface area (Å²) in [6, 6.07) is 31.3. The second-order valence-corrected chi connectivity index (χ2v) is 12.9. The van der Waals surface area contributed by atoms with Crippen LogP contribution < -0.4 is 9.72 Å². The average molecular weight is 624 g/mol. The number of nitrogens with one attached hydrogen (secondary N) is 1. The first-order valence-corrected chi connectivity index (χ1v) is 16.1. The lowest BCUT2D eigenvalue weighted by atomic mass is 9.74. The zero-order valence-corrected chi connectivity index (χ0v) is 27.1. The van der Waals surface area contributed by atoms with Crippen LogP contribution in [0.3, 0.4) is 0 Å². The molecule has 230 valence electrons. The van der Waals surface area contributed by atoms with Gasteiger partial charge in [-0.15, -0.1) is 0 Å². The monoisotopic (exact) mass is 623 g/mol. The maximum atomic E-state index is 6.90. The highest BCUT2D eigenvalue weighted by molar-refractivity contribution is 5.82. The lowest BCUT2D eigenvalue weighted by Crippen LogP contribution is -2.24. The highest BCUT2D eigenvalue weighted by Gasteiger charge is 2.37. The molecule has 4 aromatic heterocycles. The smallest absolute Gasteiger partial charge is 0.306 e. The van der Waals surface area contributed by atoms with Crippen molar-refractivity contribution < 1.29 is 9.72 Å². The van der Waals surface area contributed by atoms with Crippen LogP contribution >= 0.6 is 0 Å². The predicted octanol–water partition coefficient (Wildman–Crippen LogP) is 7.51. The number of benzene rings is 2. The molecule has 0 saturated heterocycles. The van der Waals surface area contributed by atoms with E-state index < -0.39 is 0 Å². The molecular weight excluding hydrogens is 592 g/mol. The third-order valence-electron chi connectivity index (χ3n) is 9.77. The minimum absolute atomic E-state index is 0.342. The number of aryl methyl sites for hydroxylation is 2. The van der Waals surface area contributed by atoms with Gasteiger partial charge in [0.15, 0.2) is 17.2 Å². The van der Waals surface area contributed by atoms with Crippen molar-refractivity contribution in [1.82, 2.24) is 24.1 Å². The highest BCUT2D eigenvalue weighted by atomic mass is 16.5. The van der Waals surface area contributed by atoms with Gasteiger partial charge >= 0.3 is 5.82 Å². The summed E-state index contributed by atoms with van der Waals surface area (Å²) in [6.07, 6.45) is 5.61. The molecule has 7 heteroatoms. The number of imidazole rings is 2. The maximum Gasteiger partial charge on any atom is 0.306 e. The molecule has 3 aromatic carbocycles. The number of pyridine rings is 2. The Balaban J connectivity index is 1.09. The van der Waals surface area contributed by atoms with Crippen LogP contribution in [0.4, 0.5) is 0 Å². The standard InChI is InChI=1S/C41H30N6O/c1-41(2)29-13-9-11-27(25-19-21-33(42-23-25)39-44-31-15-5-7-17-35(31)46(39)3)37(29)48-38-28(12-10-14-30(38)41)26-20-22-34(43-24-26)40-45-32-16-6-8-18-36(32)47(40)4/h5,7,10,12-15,17,19-24H,6,16H2,1-4H3/p+1.